The molecule has 0 spiro atoms. The van der Waals surface area contributed by atoms with Gasteiger partial charge < -0.3 is 4.74 Å². The molecule has 1 nitrogen and oxygen atoms in total. The molecule has 2 unspecified atom stereocenters. The molecule has 1 heteroatoms. The average Bonchev–Trinajstić information content (AvgIpc) is 3.38. The molecule has 0 N–H and O–H groups in total. The molecule has 1 rings (SSSR count). The van der Waals surface area contributed by atoms with Crippen LogP contribution >= 0.6 is 0 Å². The summed E-state index contributed by atoms with van der Waals surface area (Å²) in [6.07, 6.45) is 25.0. The van der Waals surface area contributed by atoms with E-state index in [1.54, 1.807) is 12.2 Å². The Morgan fingerprint density at radius 3 is 2.00 bits per heavy atom. The molecule has 0 saturated carbocycles. The predicted octanol–water partition coefficient (Wildman–Crippen LogP) is 12.1. The summed E-state index contributed by atoms with van der Waals surface area (Å²) in [6, 6.07) is -1.96. The average molecular weight is 563 g/mol. The monoisotopic (exact) mass is 562 g/mol. The highest BCUT2D eigenvalue weighted by Gasteiger charge is 2.30. The largest absolute Gasteiger partial charge is 0.360 e. The summed E-state index contributed by atoms with van der Waals surface area (Å²) in [5.41, 5.74) is 3.68. The second kappa shape index (κ2) is 19.8. The van der Waals surface area contributed by atoms with Crippen LogP contribution in [0.5, 0.6) is 0 Å². The van der Waals surface area contributed by atoms with Crippen molar-refractivity contribution in [2.24, 2.45) is 0 Å². The summed E-state index contributed by atoms with van der Waals surface area (Å²) < 4.78 is 88.0. The van der Waals surface area contributed by atoms with Gasteiger partial charge in [-0.1, -0.05) is 137 Å². The van der Waals surface area contributed by atoms with E-state index < -0.39 is 54.7 Å². The standard InChI is InChI=1S/C40H56O/c1-32(2)18-13-22-36(7)24-15-26-37(8)25-14-23-34(5)20-11-12-21-35(6)27-16-28-38(9)39-29-31-40(10,41-39)30-17-19-33(3)4/h11-12,14-16,18-21,23-29,31,39H,13,17,22,30H2,1-10H3/b12-11+,23-14+,26-15+,27-16+,34-20+,35-21+,36-24+,37-25+,38-28+/i5D3,6D3,20D,21D,23D,27D. The topological polar surface area (TPSA) is 9.23 Å². The molecule has 1 aliphatic rings. The number of hydrogen-bond donors (Lipinski definition) is 0. The van der Waals surface area contributed by atoms with Crippen molar-refractivity contribution in [3.8, 4) is 0 Å². The Balaban J connectivity index is 3.33. The first-order valence-electron chi connectivity index (χ1n) is 19.3. The van der Waals surface area contributed by atoms with Crippen LogP contribution in [0, 0.1) is 0 Å². The normalized spacial score (nSPS) is 26.4. The summed E-state index contributed by atoms with van der Waals surface area (Å²) in [6.45, 7) is 10.2. The molecule has 2 atom stereocenters. The van der Waals surface area contributed by atoms with Crippen LogP contribution in [0.25, 0.3) is 0 Å². The van der Waals surface area contributed by atoms with Crippen LogP contribution in [0.2, 0.25) is 0 Å². The van der Waals surface area contributed by atoms with E-state index in [9.17, 15) is 0 Å². The van der Waals surface area contributed by atoms with Gasteiger partial charge in [0.1, 0.15) is 0 Å². The maximum Gasteiger partial charge on any atom is 0.0979 e. The number of allylic oxidation sites excluding steroid dienone is 21. The highest BCUT2D eigenvalue weighted by molar-refractivity contribution is 5.32. The summed E-state index contributed by atoms with van der Waals surface area (Å²) in [4.78, 5) is 0. The van der Waals surface area contributed by atoms with Crippen molar-refractivity contribution in [3.63, 3.8) is 0 Å². The zero-order valence-electron chi connectivity index (χ0n) is 36.3. The van der Waals surface area contributed by atoms with E-state index in [1.807, 2.05) is 71.9 Å². The van der Waals surface area contributed by atoms with Crippen molar-refractivity contribution in [1.29, 1.82) is 0 Å². The molecule has 0 bridgehead atoms. The van der Waals surface area contributed by atoms with E-state index >= 15 is 0 Å². The van der Waals surface area contributed by atoms with Crippen molar-refractivity contribution < 1.29 is 18.4 Å². The highest BCUT2D eigenvalue weighted by atomic mass is 16.5. The van der Waals surface area contributed by atoms with E-state index in [4.69, 9.17) is 18.4 Å². The Labute approximate surface area is 267 Å². The van der Waals surface area contributed by atoms with Crippen LogP contribution in [0.15, 0.2) is 142 Å². The Hall–Kier alpha value is -3.16. The van der Waals surface area contributed by atoms with Crippen LogP contribution in [0.4, 0.5) is 0 Å². The first-order valence-corrected chi connectivity index (χ1v) is 14.3. The van der Waals surface area contributed by atoms with Crippen LogP contribution < -0.4 is 0 Å². The summed E-state index contributed by atoms with van der Waals surface area (Å²) in [5.74, 6) is 0. The molecule has 0 aromatic rings. The molecule has 41 heavy (non-hydrogen) atoms. The van der Waals surface area contributed by atoms with E-state index in [-0.39, 0.29) is 6.10 Å². The van der Waals surface area contributed by atoms with Gasteiger partial charge in [-0.3, -0.25) is 0 Å². The molecule has 0 amide bonds. The van der Waals surface area contributed by atoms with Crippen molar-refractivity contribution in [1.82, 2.24) is 0 Å². The fourth-order valence-electron chi connectivity index (χ4n) is 3.73. The second-order valence-electron chi connectivity index (χ2n) is 11.0. The summed E-state index contributed by atoms with van der Waals surface area (Å²) >= 11 is 0. The molecule has 0 radical (unpaired) electrons. The Morgan fingerprint density at radius 1 is 0.780 bits per heavy atom. The number of hydrogen-bond acceptors (Lipinski definition) is 1. The number of rotatable bonds is 15. The van der Waals surface area contributed by atoms with Gasteiger partial charge in [0.2, 0.25) is 0 Å². The molecule has 0 saturated heterocycles. The SMILES string of the molecule is [2H]C(=C\C=C(C)\C=C\C=C(/C)CCC=C(C)C)/C(=C([2H])/C=C/C([2H])=C(/C([2H])=C/C=C(\C)C1C=CC(C)(CCC=C(C)C)O1)C([2H])([2H])[2H])C([2H])([2H])[2H]. The maximum atomic E-state index is 8.51. The molecule has 1 aliphatic heterocycles. The fraction of sp³-hybridized carbons (Fsp3) is 0.400. The van der Waals surface area contributed by atoms with Crippen molar-refractivity contribution in [3.05, 3.63) is 142 Å². The molecular formula is C40H56O. The van der Waals surface area contributed by atoms with E-state index in [0.717, 1.165) is 49.0 Å². The lowest BCUT2D eigenvalue weighted by Gasteiger charge is -2.24. The quantitative estimate of drug-likeness (QED) is 0.142. The number of ether oxygens (including phenoxy) is 1. The van der Waals surface area contributed by atoms with E-state index in [0.29, 0.717) is 0 Å². The van der Waals surface area contributed by atoms with E-state index in [2.05, 4.69) is 26.0 Å². The Morgan fingerprint density at radius 2 is 1.39 bits per heavy atom. The van der Waals surface area contributed by atoms with Crippen LogP contribution in [0.3, 0.4) is 0 Å². The zero-order chi connectivity index (χ0) is 39.2. The molecule has 0 aromatic heterocycles. The van der Waals surface area contributed by atoms with Crippen molar-refractivity contribution in [2.45, 2.75) is 106 Å². The van der Waals surface area contributed by atoms with Crippen LogP contribution in [-0.2, 0) is 4.74 Å². The summed E-state index contributed by atoms with van der Waals surface area (Å²) in [5, 5.41) is 0. The third-order valence-electron chi connectivity index (χ3n) is 6.18. The van der Waals surface area contributed by atoms with E-state index in [1.165, 1.54) is 28.9 Å². The maximum absolute atomic E-state index is 8.51. The Kier molecular flexibility index (Phi) is 10.9. The molecule has 1 heterocycles. The predicted molar refractivity (Wildman–Crippen MR) is 185 cm³/mol. The van der Waals surface area contributed by atoms with Gasteiger partial charge in [-0.2, -0.15) is 0 Å². The zero-order valence-corrected chi connectivity index (χ0v) is 26.3. The van der Waals surface area contributed by atoms with Gasteiger partial charge in [-0.05, 0) is 100 Å². The third-order valence-corrected chi connectivity index (χ3v) is 6.18. The van der Waals surface area contributed by atoms with Gasteiger partial charge in [0.15, 0.2) is 0 Å². The van der Waals surface area contributed by atoms with Crippen molar-refractivity contribution in [2.75, 3.05) is 0 Å². The smallest absolute Gasteiger partial charge is 0.0979 e. The molecule has 0 aliphatic carbocycles. The fourth-order valence-corrected chi connectivity index (χ4v) is 3.73. The van der Waals surface area contributed by atoms with Crippen LogP contribution in [-0.4, -0.2) is 11.7 Å². The van der Waals surface area contributed by atoms with Gasteiger partial charge in [0.05, 0.1) is 17.2 Å². The van der Waals surface area contributed by atoms with Crippen molar-refractivity contribution >= 4 is 0 Å². The minimum absolute atomic E-state index is 0.346. The lowest BCUT2D eigenvalue weighted by Crippen LogP contribution is -2.25. The van der Waals surface area contributed by atoms with Gasteiger partial charge >= 0.3 is 0 Å². The minimum atomic E-state index is -2.83. The molecule has 0 fully saturated rings. The van der Waals surface area contributed by atoms with Crippen LogP contribution in [0.1, 0.15) is 108 Å². The Bertz CT molecular complexity index is 1590. The van der Waals surface area contributed by atoms with Gasteiger partial charge in [0, 0.05) is 8.22 Å². The first-order chi connectivity index (χ1) is 23.5. The molecule has 222 valence electrons. The third kappa shape index (κ3) is 18.0. The second-order valence-corrected chi connectivity index (χ2v) is 11.0. The molecular weight excluding hydrogens is 496 g/mol. The minimum Gasteiger partial charge on any atom is -0.360 e. The lowest BCUT2D eigenvalue weighted by atomic mass is 10.00. The van der Waals surface area contributed by atoms with Gasteiger partial charge in [-0.15, -0.1) is 0 Å². The van der Waals surface area contributed by atoms with Gasteiger partial charge in [0.25, 0.3) is 0 Å². The first kappa shape index (κ1) is 22.4. The lowest BCUT2D eigenvalue weighted by molar-refractivity contribution is -0.000478. The molecule has 0 aromatic carbocycles. The van der Waals surface area contributed by atoms with Gasteiger partial charge in [-0.25, -0.2) is 0 Å². The highest BCUT2D eigenvalue weighted by Crippen LogP contribution is 2.31. The summed E-state index contributed by atoms with van der Waals surface area (Å²) in [7, 11) is 0.